The van der Waals surface area contributed by atoms with E-state index >= 15 is 0 Å². The van der Waals surface area contributed by atoms with E-state index in [1.54, 1.807) is 24.3 Å². The fourth-order valence-corrected chi connectivity index (χ4v) is 1.66. The van der Waals surface area contributed by atoms with Crippen LogP contribution in [0.1, 0.15) is 5.56 Å². The fourth-order valence-electron chi connectivity index (χ4n) is 1.66. The monoisotopic (exact) mass is 315 g/mol. The summed E-state index contributed by atoms with van der Waals surface area (Å²) >= 11 is 0. The molecule has 23 heavy (non-hydrogen) atoms. The maximum atomic E-state index is 12.7. The molecule has 2 aromatic rings. The van der Waals surface area contributed by atoms with Gasteiger partial charge in [-0.05, 0) is 42.0 Å². The minimum Gasteiger partial charge on any atom is -0.497 e. The van der Waals surface area contributed by atoms with E-state index in [-0.39, 0.29) is 0 Å². The first-order valence-electron chi connectivity index (χ1n) is 6.62. The molecular formula is C16H14FN3O3. The first-order chi connectivity index (χ1) is 11.1. The summed E-state index contributed by atoms with van der Waals surface area (Å²) < 4.78 is 17.8. The molecule has 6 nitrogen and oxygen atoms in total. The van der Waals surface area contributed by atoms with Gasteiger partial charge in [0.05, 0.1) is 13.3 Å². The Morgan fingerprint density at radius 3 is 2.57 bits per heavy atom. The number of amides is 2. The Labute approximate surface area is 132 Å². The highest BCUT2D eigenvalue weighted by molar-refractivity contribution is 6.39. The second-order valence-electron chi connectivity index (χ2n) is 4.44. The van der Waals surface area contributed by atoms with Crippen molar-refractivity contribution in [3.05, 3.63) is 59.9 Å². The first-order valence-corrected chi connectivity index (χ1v) is 6.62. The summed E-state index contributed by atoms with van der Waals surface area (Å²) in [6.07, 6.45) is 1.38. The summed E-state index contributed by atoms with van der Waals surface area (Å²) in [5.41, 5.74) is 3.11. The van der Waals surface area contributed by atoms with Crippen molar-refractivity contribution in [1.82, 2.24) is 5.43 Å². The average molecular weight is 315 g/mol. The van der Waals surface area contributed by atoms with E-state index in [0.29, 0.717) is 17.0 Å². The molecule has 0 aliphatic heterocycles. The van der Waals surface area contributed by atoms with Gasteiger partial charge in [-0.3, -0.25) is 9.59 Å². The molecule has 118 valence electrons. The smallest absolute Gasteiger partial charge is 0.329 e. The zero-order chi connectivity index (χ0) is 16.7. The Morgan fingerprint density at radius 2 is 1.87 bits per heavy atom. The van der Waals surface area contributed by atoms with Gasteiger partial charge in [0.1, 0.15) is 11.6 Å². The lowest BCUT2D eigenvalue weighted by atomic mass is 10.2. The summed E-state index contributed by atoms with van der Waals surface area (Å²) in [7, 11) is 1.54. The molecule has 0 heterocycles. The van der Waals surface area contributed by atoms with Crippen LogP contribution in [0.15, 0.2) is 53.6 Å². The molecule has 0 aliphatic carbocycles. The Hall–Kier alpha value is -3.22. The van der Waals surface area contributed by atoms with E-state index in [1.807, 2.05) is 0 Å². The number of methoxy groups -OCH3 is 1. The van der Waals surface area contributed by atoms with Gasteiger partial charge in [0.25, 0.3) is 0 Å². The molecule has 7 heteroatoms. The van der Waals surface area contributed by atoms with Crippen molar-refractivity contribution < 1.29 is 18.7 Å². The third kappa shape index (κ3) is 4.92. The quantitative estimate of drug-likeness (QED) is 0.514. The van der Waals surface area contributed by atoms with Crippen molar-refractivity contribution in [2.45, 2.75) is 0 Å². The summed E-state index contributed by atoms with van der Waals surface area (Å²) in [6, 6.07) is 12.1. The molecule has 2 aromatic carbocycles. The second-order valence-corrected chi connectivity index (χ2v) is 4.44. The van der Waals surface area contributed by atoms with Gasteiger partial charge >= 0.3 is 11.8 Å². The third-order valence-corrected chi connectivity index (χ3v) is 2.78. The molecule has 2 amide bonds. The van der Waals surface area contributed by atoms with Gasteiger partial charge in [-0.15, -0.1) is 0 Å². The van der Waals surface area contributed by atoms with E-state index in [0.717, 1.165) is 0 Å². The number of ether oxygens (including phenoxy) is 1. The highest BCUT2D eigenvalue weighted by Gasteiger charge is 2.12. The van der Waals surface area contributed by atoms with Crippen molar-refractivity contribution in [2.24, 2.45) is 5.10 Å². The van der Waals surface area contributed by atoms with E-state index in [9.17, 15) is 14.0 Å². The molecule has 2 N–H and O–H groups in total. The number of nitrogens with zero attached hydrogens (tertiary/aromatic N) is 1. The van der Waals surface area contributed by atoms with E-state index in [4.69, 9.17) is 4.74 Å². The van der Waals surface area contributed by atoms with Crippen molar-refractivity contribution >= 4 is 23.7 Å². The highest BCUT2D eigenvalue weighted by atomic mass is 19.1. The van der Waals surface area contributed by atoms with E-state index in [1.165, 1.54) is 37.6 Å². The lowest BCUT2D eigenvalue weighted by Crippen LogP contribution is -2.32. The van der Waals surface area contributed by atoms with E-state index in [2.05, 4.69) is 15.8 Å². The van der Waals surface area contributed by atoms with Crippen LogP contribution in [0.5, 0.6) is 5.75 Å². The number of hydrogen-bond donors (Lipinski definition) is 2. The zero-order valence-corrected chi connectivity index (χ0v) is 12.2. The number of rotatable bonds is 4. The van der Waals surface area contributed by atoms with Crippen LogP contribution in [0, 0.1) is 5.82 Å². The zero-order valence-electron chi connectivity index (χ0n) is 12.2. The molecule has 0 atom stereocenters. The number of nitrogens with one attached hydrogen (secondary N) is 2. The SMILES string of the molecule is COc1cccc(/C=N/NC(=O)C(=O)Nc2ccc(F)cc2)c1. The predicted molar refractivity (Wildman–Crippen MR) is 83.8 cm³/mol. The number of carbonyl (C=O) groups excluding carboxylic acids is 2. The summed E-state index contributed by atoms with van der Waals surface area (Å²) in [6.45, 7) is 0. The van der Waals surface area contributed by atoms with E-state index < -0.39 is 17.6 Å². The van der Waals surface area contributed by atoms with Crippen LogP contribution in [0.2, 0.25) is 0 Å². The van der Waals surface area contributed by atoms with Crippen molar-refractivity contribution in [1.29, 1.82) is 0 Å². The normalized spacial score (nSPS) is 10.3. The molecule has 0 bridgehead atoms. The van der Waals surface area contributed by atoms with Gasteiger partial charge in [-0.25, -0.2) is 9.82 Å². The molecule has 0 saturated carbocycles. The molecule has 0 fully saturated rings. The second kappa shape index (κ2) is 7.69. The first kappa shape index (κ1) is 16.2. The van der Waals surface area contributed by atoms with Crippen molar-refractivity contribution in [3.8, 4) is 5.75 Å². The summed E-state index contributed by atoms with van der Waals surface area (Å²) in [5, 5.41) is 6.02. The van der Waals surface area contributed by atoms with Gasteiger partial charge in [-0.1, -0.05) is 12.1 Å². The third-order valence-electron chi connectivity index (χ3n) is 2.78. The maximum Gasteiger partial charge on any atom is 0.329 e. The highest BCUT2D eigenvalue weighted by Crippen LogP contribution is 2.10. The fraction of sp³-hybridized carbons (Fsp3) is 0.0625. The van der Waals surface area contributed by atoms with Gasteiger partial charge in [0, 0.05) is 5.69 Å². The molecule has 2 rings (SSSR count). The topological polar surface area (TPSA) is 79.8 Å². The van der Waals surface area contributed by atoms with Crippen LogP contribution in [0.25, 0.3) is 0 Å². The number of anilines is 1. The summed E-state index contributed by atoms with van der Waals surface area (Å²) in [5.74, 6) is -1.63. The number of benzene rings is 2. The number of hydrazone groups is 1. The summed E-state index contributed by atoms with van der Waals surface area (Å²) in [4.78, 5) is 23.2. The maximum absolute atomic E-state index is 12.7. The molecule has 0 aromatic heterocycles. The lowest BCUT2D eigenvalue weighted by molar-refractivity contribution is -0.136. The van der Waals surface area contributed by atoms with Crippen LogP contribution in [0.4, 0.5) is 10.1 Å². The lowest BCUT2D eigenvalue weighted by Gasteiger charge is -2.03. The minimum atomic E-state index is -0.937. The van der Waals surface area contributed by atoms with Gasteiger partial charge in [0.2, 0.25) is 0 Å². The largest absolute Gasteiger partial charge is 0.497 e. The van der Waals surface area contributed by atoms with Gasteiger partial charge < -0.3 is 10.1 Å². The van der Waals surface area contributed by atoms with Crippen LogP contribution < -0.4 is 15.5 Å². The van der Waals surface area contributed by atoms with Crippen LogP contribution in [-0.2, 0) is 9.59 Å². The van der Waals surface area contributed by atoms with Gasteiger partial charge in [0.15, 0.2) is 0 Å². The Balaban J connectivity index is 1.89. The van der Waals surface area contributed by atoms with Crippen LogP contribution in [0.3, 0.4) is 0 Å². The number of halogens is 1. The Kier molecular flexibility index (Phi) is 5.40. The average Bonchev–Trinajstić information content (AvgIpc) is 2.57. The minimum absolute atomic E-state index is 0.309. The van der Waals surface area contributed by atoms with Crippen LogP contribution in [-0.4, -0.2) is 25.1 Å². The van der Waals surface area contributed by atoms with Crippen molar-refractivity contribution in [3.63, 3.8) is 0 Å². The standard InChI is InChI=1S/C16H14FN3O3/c1-23-14-4-2-3-11(9-14)10-18-20-16(22)15(21)19-13-7-5-12(17)6-8-13/h2-10H,1H3,(H,19,21)(H,20,22)/b18-10+. The van der Waals surface area contributed by atoms with Crippen molar-refractivity contribution in [2.75, 3.05) is 12.4 Å². The van der Waals surface area contributed by atoms with Crippen LogP contribution >= 0.6 is 0 Å². The number of hydrogen-bond acceptors (Lipinski definition) is 4. The predicted octanol–water partition coefficient (Wildman–Crippen LogP) is 1.92. The molecular weight excluding hydrogens is 301 g/mol. The molecule has 0 spiro atoms. The molecule has 0 radical (unpaired) electrons. The molecule has 0 unspecified atom stereocenters. The Morgan fingerprint density at radius 1 is 1.13 bits per heavy atom. The molecule has 0 saturated heterocycles. The molecule has 0 aliphatic rings. The Bertz CT molecular complexity index is 730. The van der Waals surface area contributed by atoms with Gasteiger partial charge in [-0.2, -0.15) is 5.10 Å². The number of carbonyl (C=O) groups is 2.